The second kappa shape index (κ2) is 7.82. The summed E-state index contributed by atoms with van der Waals surface area (Å²) in [5, 5.41) is 6.42. The minimum absolute atomic E-state index is 0.265. The molecule has 4 N–H and O–H groups in total. The summed E-state index contributed by atoms with van der Waals surface area (Å²) in [7, 11) is 0. The molecule has 7 nitrogen and oxygen atoms in total. The summed E-state index contributed by atoms with van der Waals surface area (Å²) in [5.41, 5.74) is 6.44. The molecular weight excluding hydrogens is 318 g/mol. The van der Waals surface area contributed by atoms with Gasteiger partial charge in [0.2, 0.25) is 5.95 Å². The normalized spacial score (nSPS) is 23.1. The van der Waals surface area contributed by atoms with E-state index in [-0.39, 0.29) is 5.56 Å². The molecular formula is C18H27N5O2. The molecule has 1 amide bonds. The number of nitrogens with two attached hydrogens (primary N) is 1. The molecule has 0 aliphatic heterocycles. The maximum Gasteiger partial charge on any atom is 0.254 e. The van der Waals surface area contributed by atoms with Crippen molar-refractivity contribution in [2.45, 2.75) is 70.1 Å². The number of carbonyl (C=O) groups is 1. The number of nitrogens with one attached hydrogen (secondary N) is 2. The predicted molar refractivity (Wildman–Crippen MR) is 97.4 cm³/mol. The molecule has 2 aliphatic rings. The van der Waals surface area contributed by atoms with Crippen LogP contribution in [0.5, 0.6) is 0 Å². The van der Waals surface area contributed by atoms with Crippen LogP contribution in [-0.2, 0) is 4.74 Å². The Kier molecular flexibility index (Phi) is 5.53. The van der Waals surface area contributed by atoms with Gasteiger partial charge in [0, 0.05) is 17.9 Å². The van der Waals surface area contributed by atoms with Crippen molar-refractivity contribution in [3.05, 3.63) is 24.0 Å². The van der Waals surface area contributed by atoms with E-state index in [1.165, 1.54) is 19.0 Å². The molecule has 1 heterocycles. The molecule has 136 valence electrons. The Hall–Kier alpha value is -2.15. The lowest BCUT2D eigenvalue weighted by Gasteiger charge is -2.29. The lowest BCUT2D eigenvalue weighted by atomic mass is 9.93. The zero-order valence-electron chi connectivity index (χ0n) is 14.8. The van der Waals surface area contributed by atoms with Crippen molar-refractivity contribution < 1.29 is 9.53 Å². The Labute approximate surface area is 148 Å². The van der Waals surface area contributed by atoms with Gasteiger partial charge >= 0.3 is 0 Å². The number of carbonyl (C=O) groups excluding carboxylic acids is 1. The summed E-state index contributed by atoms with van der Waals surface area (Å²) in [6, 6.07) is 0.320. The van der Waals surface area contributed by atoms with Crippen LogP contribution >= 0.6 is 0 Å². The quantitative estimate of drug-likeness (QED) is 0.669. The van der Waals surface area contributed by atoms with Gasteiger partial charge in [0.05, 0.1) is 12.2 Å². The van der Waals surface area contributed by atoms with Crippen LogP contribution in [0.2, 0.25) is 0 Å². The summed E-state index contributed by atoms with van der Waals surface area (Å²) in [6.45, 7) is 5.87. The standard InChI is InChI=1S/C18H27N5O2/c1-3-11(2)21-17-15(16(19)24)10-20-18(23-17)22-12-4-6-13(7-5-12)25-14-8-9-14/h10,12-14H,2-9H2,1H3,(H2,19,24)(H2,20,21,22,23). The minimum Gasteiger partial charge on any atom is -0.375 e. The van der Waals surface area contributed by atoms with E-state index in [2.05, 4.69) is 27.2 Å². The molecule has 7 heteroatoms. The first-order chi connectivity index (χ1) is 12.0. The number of nitrogens with zero attached hydrogens (tertiary/aromatic N) is 2. The first-order valence-electron chi connectivity index (χ1n) is 9.08. The molecule has 2 aliphatic carbocycles. The van der Waals surface area contributed by atoms with Crippen molar-refractivity contribution in [1.82, 2.24) is 9.97 Å². The monoisotopic (exact) mass is 345 g/mol. The largest absolute Gasteiger partial charge is 0.375 e. The molecule has 0 radical (unpaired) electrons. The van der Waals surface area contributed by atoms with Crippen molar-refractivity contribution >= 4 is 17.7 Å². The fourth-order valence-corrected chi connectivity index (χ4v) is 2.98. The summed E-state index contributed by atoms with van der Waals surface area (Å²) < 4.78 is 5.99. The Morgan fingerprint density at radius 3 is 2.48 bits per heavy atom. The molecule has 0 spiro atoms. The van der Waals surface area contributed by atoms with Crippen molar-refractivity contribution in [1.29, 1.82) is 0 Å². The maximum absolute atomic E-state index is 11.6. The summed E-state index contributed by atoms with van der Waals surface area (Å²) >= 11 is 0. The van der Waals surface area contributed by atoms with Gasteiger partial charge in [0.1, 0.15) is 11.4 Å². The second-order valence-electron chi connectivity index (χ2n) is 6.86. The van der Waals surface area contributed by atoms with E-state index in [1.807, 2.05) is 6.92 Å². The third kappa shape index (κ3) is 4.92. The maximum atomic E-state index is 11.6. The Morgan fingerprint density at radius 1 is 1.28 bits per heavy atom. The van der Waals surface area contributed by atoms with Gasteiger partial charge in [0.25, 0.3) is 5.91 Å². The van der Waals surface area contributed by atoms with Crippen molar-refractivity contribution in [2.24, 2.45) is 5.73 Å². The van der Waals surface area contributed by atoms with Gasteiger partial charge in [-0.25, -0.2) is 4.98 Å². The van der Waals surface area contributed by atoms with Crippen LogP contribution in [-0.4, -0.2) is 34.1 Å². The number of rotatable bonds is 8. The first kappa shape index (κ1) is 17.7. The number of allylic oxidation sites excluding steroid dienone is 1. The average Bonchev–Trinajstić information content (AvgIpc) is 3.40. The van der Waals surface area contributed by atoms with Crippen molar-refractivity contribution in [3.8, 4) is 0 Å². The summed E-state index contributed by atoms with van der Waals surface area (Å²) in [4.78, 5) is 20.2. The molecule has 0 bridgehead atoms. The lowest BCUT2D eigenvalue weighted by molar-refractivity contribution is 0.0146. The Balaban J connectivity index is 1.60. The predicted octanol–water partition coefficient (Wildman–Crippen LogP) is 2.81. The van der Waals surface area contributed by atoms with Crippen LogP contribution in [0.15, 0.2) is 18.5 Å². The molecule has 1 aromatic rings. The molecule has 2 fully saturated rings. The molecule has 0 atom stereocenters. The lowest BCUT2D eigenvalue weighted by Crippen LogP contribution is -2.31. The summed E-state index contributed by atoms with van der Waals surface area (Å²) in [6.07, 6.45) is 9.73. The minimum atomic E-state index is -0.560. The van der Waals surface area contributed by atoms with Gasteiger partial charge < -0.3 is 21.1 Å². The third-order valence-corrected chi connectivity index (χ3v) is 4.69. The van der Waals surface area contributed by atoms with Gasteiger partial charge in [-0.2, -0.15) is 4.98 Å². The fourth-order valence-electron chi connectivity index (χ4n) is 2.98. The highest BCUT2D eigenvalue weighted by Crippen LogP contribution is 2.31. The van der Waals surface area contributed by atoms with Crippen LogP contribution in [0, 0.1) is 0 Å². The Bertz CT molecular complexity index is 636. The van der Waals surface area contributed by atoms with Crippen LogP contribution in [0.3, 0.4) is 0 Å². The molecule has 0 unspecified atom stereocenters. The van der Waals surface area contributed by atoms with E-state index < -0.39 is 5.91 Å². The van der Waals surface area contributed by atoms with E-state index in [9.17, 15) is 4.79 Å². The molecule has 0 aromatic carbocycles. The first-order valence-corrected chi connectivity index (χ1v) is 9.08. The number of ether oxygens (including phenoxy) is 1. The van der Waals surface area contributed by atoms with Gasteiger partial charge in [-0.3, -0.25) is 4.79 Å². The number of aromatic nitrogens is 2. The topological polar surface area (TPSA) is 102 Å². The number of amides is 1. The van der Waals surface area contributed by atoms with Gasteiger partial charge in [-0.15, -0.1) is 0 Å². The number of primary amides is 1. The van der Waals surface area contributed by atoms with Crippen LogP contribution in [0.25, 0.3) is 0 Å². The van der Waals surface area contributed by atoms with Gasteiger partial charge in [0.15, 0.2) is 0 Å². The van der Waals surface area contributed by atoms with Crippen molar-refractivity contribution in [2.75, 3.05) is 10.6 Å². The third-order valence-electron chi connectivity index (χ3n) is 4.69. The van der Waals surface area contributed by atoms with Gasteiger partial charge in [-0.1, -0.05) is 13.5 Å². The fraction of sp³-hybridized carbons (Fsp3) is 0.611. The average molecular weight is 345 g/mol. The Morgan fingerprint density at radius 2 is 1.92 bits per heavy atom. The van der Waals surface area contributed by atoms with E-state index in [1.54, 1.807) is 0 Å². The van der Waals surface area contributed by atoms with Gasteiger partial charge in [-0.05, 0) is 44.9 Å². The van der Waals surface area contributed by atoms with E-state index in [0.717, 1.165) is 37.8 Å². The van der Waals surface area contributed by atoms with E-state index in [4.69, 9.17) is 10.5 Å². The molecule has 3 rings (SSSR count). The molecule has 1 aromatic heterocycles. The van der Waals surface area contributed by atoms with Crippen LogP contribution in [0.4, 0.5) is 11.8 Å². The van der Waals surface area contributed by atoms with Crippen molar-refractivity contribution in [3.63, 3.8) is 0 Å². The zero-order valence-corrected chi connectivity index (χ0v) is 14.8. The summed E-state index contributed by atoms with van der Waals surface area (Å²) in [5.74, 6) is 0.348. The van der Waals surface area contributed by atoms with E-state index >= 15 is 0 Å². The van der Waals surface area contributed by atoms with Crippen LogP contribution < -0.4 is 16.4 Å². The highest BCUT2D eigenvalue weighted by Gasteiger charge is 2.29. The smallest absolute Gasteiger partial charge is 0.254 e. The SMILES string of the molecule is C=C(CC)Nc1nc(NC2CCC(OC3CC3)CC2)ncc1C(N)=O. The zero-order chi connectivity index (χ0) is 17.8. The molecule has 0 saturated heterocycles. The van der Waals surface area contributed by atoms with E-state index in [0.29, 0.717) is 30.0 Å². The highest BCUT2D eigenvalue weighted by molar-refractivity contribution is 5.97. The molecule has 25 heavy (non-hydrogen) atoms. The number of hydrogen-bond donors (Lipinski definition) is 3. The van der Waals surface area contributed by atoms with Crippen LogP contribution in [0.1, 0.15) is 62.2 Å². The number of anilines is 2. The second-order valence-corrected chi connectivity index (χ2v) is 6.86. The molecule has 2 saturated carbocycles. The highest BCUT2D eigenvalue weighted by atomic mass is 16.5. The number of hydrogen-bond acceptors (Lipinski definition) is 6.